The number of nitrogens with one attached hydrogen (secondary N) is 1. The fourth-order valence-corrected chi connectivity index (χ4v) is 2.19. The summed E-state index contributed by atoms with van der Waals surface area (Å²) in [6, 6.07) is 3.44. The van der Waals surface area contributed by atoms with Crippen LogP contribution in [0.4, 0.5) is 5.13 Å². The van der Waals surface area contributed by atoms with Crippen molar-refractivity contribution >= 4 is 22.4 Å². The monoisotopic (exact) mass is 247 g/mol. The van der Waals surface area contributed by atoms with E-state index in [1.807, 2.05) is 20.8 Å². The fraction of sp³-hybridized carbons (Fsp3) is 0.250. The first-order chi connectivity index (χ1) is 8.06. The molecular formula is C12H13N3OS. The zero-order valence-corrected chi connectivity index (χ0v) is 10.8. The number of anilines is 1. The molecule has 0 aromatic carbocycles. The van der Waals surface area contributed by atoms with Crippen molar-refractivity contribution in [2.24, 2.45) is 0 Å². The number of pyridine rings is 1. The topological polar surface area (TPSA) is 54.9 Å². The van der Waals surface area contributed by atoms with Crippen molar-refractivity contribution in [1.82, 2.24) is 9.97 Å². The standard InChI is InChI=1S/C12H13N3OS/c1-7-6-10(4-5-13-7)11(16)15-12-14-8(2)9(3)17-12/h4-6H,1-3H3,(H,14,15,16). The second kappa shape index (κ2) is 4.63. The molecule has 0 radical (unpaired) electrons. The minimum absolute atomic E-state index is 0.149. The number of carbonyl (C=O) groups excluding carboxylic acids is 1. The lowest BCUT2D eigenvalue weighted by atomic mass is 10.2. The lowest BCUT2D eigenvalue weighted by molar-refractivity contribution is 0.102. The quantitative estimate of drug-likeness (QED) is 0.887. The summed E-state index contributed by atoms with van der Waals surface area (Å²) < 4.78 is 0. The molecule has 4 nitrogen and oxygen atoms in total. The summed E-state index contributed by atoms with van der Waals surface area (Å²) in [4.78, 5) is 21.4. The van der Waals surface area contributed by atoms with Gasteiger partial charge in [0.2, 0.25) is 0 Å². The van der Waals surface area contributed by atoms with E-state index in [2.05, 4.69) is 15.3 Å². The van der Waals surface area contributed by atoms with Gasteiger partial charge >= 0.3 is 0 Å². The minimum atomic E-state index is -0.149. The smallest absolute Gasteiger partial charge is 0.257 e. The van der Waals surface area contributed by atoms with Crippen LogP contribution in [-0.4, -0.2) is 15.9 Å². The lowest BCUT2D eigenvalue weighted by Gasteiger charge is -2.01. The van der Waals surface area contributed by atoms with Gasteiger partial charge in [0.05, 0.1) is 5.69 Å². The molecule has 0 unspecified atom stereocenters. The van der Waals surface area contributed by atoms with Crippen LogP contribution in [0.2, 0.25) is 0 Å². The molecular weight excluding hydrogens is 234 g/mol. The molecule has 88 valence electrons. The maximum atomic E-state index is 11.9. The molecule has 0 bridgehead atoms. The summed E-state index contributed by atoms with van der Waals surface area (Å²) >= 11 is 1.48. The highest BCUT2D eigenvalue weighted by molar-refractivity contribution is 7.15. The number of hydrogen-bond donors (Lipinski definition) is 1. The van der Waals surface area contributed by atoms with Crippen LogP contribution in [0.25, 0.3) is 0 Å². The van der Waals surface area contributed by atoms with E-state index in [4.69, 9.17) is 0 Å². The molecule has 0 saturated heterocycles. The van der Waals surface area contributed by atoms with E-state index in [1.54, 1.807) is 18.3 Å². The summed E-state index contributed by atoms with van der Waals surface area (Å²) in [5, 5.41) is 3.43. The second-order valence-electron chi connectivity index (χ2n) is 3.80. The number of rotatable bonds is 2. The van der Waals surface area contributed by atoms with Crippen molar-refractivity contribution in [3.8, 4) is 0 Å². The van der Waals surface area contributed by atoms with Gasteiger partial charge in [-0.05, 0) is 32.9 Å². The number of nitrogens with zero attached hydrogens (tertiary/aromatic N) is 2. The zero-order chi connectivity index (χ0) is 12.4. The molecule has 0 saturated carbocycles. The maximum Gasteiger partial charge on any atom is 0.257 e. The Labute approximate surface area is 104 Å². The molecule has 5 heteroatoms. The molecule has 2 rings (SSSR count). The third-order valence-electron chi connectivity index (χ3n) is 2.41. The number of aromatic nitrogens is 2. The third kappa shape index (κ3) is 2.68. The van der Waals surface area contributed by atoms with E-state index in [-0.39, 0.29) is 5.91 Å². The number of carbonyl (C=O) groups is 1. The summed E-state index contributed by atoms with van der Waals surface area (Å²) in [5.41, 5.74) is 2.38. The molecule has 0 spiro atoms. The lowest BCUT2D eigenvalue weighted by Crippen LogP contribution is -2.12. The van der Waals surface area contributed by atoms with E-state index in [9.17, 15) is 4.79 Å². The first kappa shape index (κ1) is 11.7. The van der Waals surface area contributed by atoms with Crippen LogP contribution in [0.15, 0.2) is 18.3 Å². The molecule has 2 heterocycles. The second-order valence-corrected chi connectivity index (χ2v) is 5.00. The van der Waals surface area contributed by atoms with Crippen LogP contribution < -0.4 is 5.32 Å². The van der Waals surface area contributed by atoms with E-state index < -0.39 is 0 Å². The first-order valence-electron chi connectivity index (χ1n) is 5.24. The number of hydrogen-bond acceptors (Lipinski definition) is 4. The van der Waals surface area contributed by atoms with E-state index in [0.29, 0.717) is 10.7 Å². The molecule has 1 amide bonds. The van der Waals surface area contributed by atoms with Gasteiger partial charge < -0.3 is 0 Å². The van der Waals surface area contributed by atoms with Gasteiger partial charge in [0.1, 0.15) is 0 Å². The molecule has 0 aliphatic heterocycles. The average molecular weight is 247 g/mol. The van der Waals surface area contributed by atoms with Crippen LogP contribution in [0, 0.1) is 20.8 Å². The third-order valence-corrected chi connectivity index (χ3v) is 3.40. The largest absolute Gasteiger partial charge is 0.298 e. The normalized spacial score (nSPS) is 10.3. The van der Waals surface area contributed by atoms with Crippen LogP contribution in [0.1, 0.15) is 26.6 Å². The molecule has 2 aromatic rings. The Bertz CT molecular complexity index is 543. The van der Waals surface area contributed by atoms with Gasteiger partial charge in [-0.25, -0.2) is 4.98 Å². The molecule has 17 heavy (non-hydrogen) atoms. The highest BCUT2D eigenvalue weighted by Gasteiger charge is 2.10. The molecule has 0 fully saturated rings. The van der Waals surface area contributed by atoms with Gasteiger partial charge in [0, 0.05) is 22.3 Å². The maximum absolute atomic E-state index is 11.9. The summed E-state index contributed by atoms with van der Waals surface area (Å²) in [6.07, 6.45) is 1.63. The van der Waals surface area contributed by atoms with Crippen molar-refractivity contribution in [3.63, 3.8) is 0 Å². The number of thiazole rings is 1. The summed E-state index contributed by atoms with van der Waals surface area (Å²) in [6.45, 7) is 5.77. The SMILES string of the molecule is Cc1cc(C(=O)Nc2nc(C)c(C)s2)ccn1. The fourth-order valence-electron chi connectivity index (χ4n) is 1.38. The van der Waals surface area contributed by atoms with Gasteiger partial charge in [-0.3, -0.25) is 15.1 Å². The Hall–Kier alpha value is -1.75. The Morgan fingerprint density at radius 1 is 1.35 bits per heavy atom. The van der Waals surface area contributed by atoms with Gasteiger partial charge in [-0.1, -0.05) is 0 Å². The highest BCUT2D eigenvalue weighted by atomic mass is 32.1. The number of aryl methyl sites for hydroxylation is 3. The van der Waals surface area contributed by atoms with Crippen molar-refractivity contribution in [2.45, 2.75) is 20.8 Å². The van der Waals surface area contributed by atoms with Crippen LogP contribution in [0.5, 0.6) is 0 Å². The van der Waals surface area contributed by atoms with Crippen molar-refractivity contribution in [2.75, 3.05) is 5.32 Å². The Morgan fingerprint density at radius 3 is 2.71 bits per heavy atom. The van der Waals surface area contributed by atoms with E-state index >= 15 is 0 Å². The van der Waals surface area contributed by atoms with Gasteiger partial charge in [0.25, 0.3) is 5.91 Å². The van der Waals surface area contributed by atoms with Crippen LogP contribution in [0.3, 0.4) is 0 Å². The predicted octanol–water partition coefficient (Wildman–Crippen LogP) is 2.72. The Kier molecular flexibility index (Phi) is 3.19. The van der Waals surface area contributed by atoms with Crippen LogP contribution >= 0.6 is 11.3 Å². The molecule has 1 N–H and O–H groups in total. The van der Waals surface area contributed by atoms with Crippen molar-refractivity contribution in [3.05, 3.63) is 40.2 Å². The van der Waals surface area contributed by atoms with Gasteiger partial charge in [-0.2, -0.15) is 0 Å². The summed E-state index contributed by atoms with van der Waals surface area (Å²) in [5.74, 6) is -0.149. The highest BCUT2D eigenvalue weighted by Crippen LogP contribution is 2.21. The predicted molar refractivity (Wildman–Crippen MR) is 68.5 cm³/mol. The van der Waals surface area contributed by atoms with Crippen LogP contribution in [-0.2, 0) is 0 Å². The van der Waals surface area contributed by atoms with Crippen molar-refractivity contribution < 1.29 is 4.79 Å². The van der Waals surface area contributed by atoms with Crippen molar-refractivity contribution in [1.29, 1.82) is 0 Å². The molecule has 0 aliphatic carbocycles. The Balaban J connectivity index is 2.17. The first-order valence-corrected chi connectivity index (χ1v) is 6.06. The van der Waals surface area contributed by atoms with Gasteiger partial charge in [0.15, 0.2) is 5.13 Å². The molecule has 0 atom stereocenters. The van der Waals surface area contributed by atoms with E-state index in [0.717, 1.165) is 16.3 Å². The average Bonchev–Trinajstić information content (AvgIpc) is 2.58. The zero-order valence-electron chi connectivity index (χ0n) is 9.94. The number of amides is 1. The molecule has 0 aliphatic rings. The molecule has 2 aromatic heterocycles. The van der Waals surface area contributed by atoms with Gasteiger partial charge in [-0.15, -0.1) is 11.3 Å². The summed E-state index contributed by atoms with van der Waals surface area (Å²) in [7, 11) is 0. The Morgan fingerprint density at radius 2 is 2.12 bits per heavy atom. The van der Waals surface area contributed by atoms with E-state index in [1.165, 1.54) is 11.3 Å². The minimum Gasteiger partial charge on any atom is -0.298 e.